The second-order valence-electron chi connectivity index (χ2n) is 10.9. The van der Waals surface area contributed by atoms with Crippen molar-refractivity contribution in [2.75, 3.05) is 37.6 Å². The van der Waals surface area contributed by atoms with E-state index in [9.17, 15) is 0 Å². The van der Waals surface area contributed by atoms with Gasteiger partial charge in [-0.1, -0.05) is 52.0 Å². The molecule has 0 spiro atoms. The zero-order valence-corrected chi connectivity index (χ0v) is 18.1. The van der Waals surface area contributed by atoms with Crippen LogP contribution in [0.15, 0.2) is 24.3 Å². The van der Waals surface area contributed by atoms with Crippen LogP contribution >= 0.6 is 0 Å². The maximum atomic E-state index is 2.69. The molecule has 0 N–H and O–H groups in total. The first-order chi connectivity index (χ1) is 12.7. The van der Waals surface area contributed by atoms with E-state index in [2.05, 4.69) is 68.7 Å². The minimum Gasteiger partial charge on any atom is -0.368 e. The number of para-hydroxylation sites is 1. The van der Waals surface area contributed by atoms with E-state index in [0.717, 1.165) is 5.92 Å². The van der Waals surface area contributed by atoms with Crippen molar-refractivity contribution in [3.05, 3.63) is 35.4 Å². The van der Waals surface area contributed by atoms with Gasteiger partial charge in [0.2, 0.25) is 0 Å². The van der Waals surface area contributed by atoms with E-state index in [1.807, 2.05) is 0 Å². The summed E-state index contributed by atoms with van der Waals surface area (Å²) in [6.07, 6.45) is 7.95. The first-order valence-corrected chi connectivity index (χ1v) is 11.0. The second-order valence-corrected chi connectivity index (χ2v) is 10.9. The number of nitrogens with zero attached hydrogens (tertiary/aromatic N) is 2. The molecule has 1 heterocycles. The van der Waals surface area contributed by atoms with E-state index in [0.29, 0.717) is 5.41 Å². The predicted molar refractivity (Wildman–Crippen MR) is 117 cm³/mol. The quantitative estimate of drug-likeness (QED) is 0.669. The Kier molecular flexibility index (Phi) is 4.91. The number of piperazine rings is 1. The Morgan fingerprint density at radius 1 is 1.00 bits per heavy atom. The summed E-state index contributed by atoms with van der Waals surface area (Å²) >= 11 is 0. The molecule has 2 fully saturated rings. The molecule has 1 aliphatic heterocycles. The van der Waals surface area contributed by atoms with Crippen LogP contribution in [0.1, 0.15) is 64.5 Å². The van der Waals surface area contributed by atoms with Crippen molar-refractivity contribution in [3.8, 4) is 0 Å². The Morgan fingerprint density at radius 3 is 2.33 bits per heavy atom. The zero-order chi connectivity index (χ0) is 19.2. The van der Waals surface area contributed by atoms with Gasteiger partial charge in [0, 0.05) is 44.0 Å². The van der Waals surface area contributed by atoms with Crippen LogP contribution in [-0.2, 0) is 0 Å². The third kappa shape index (κ3) is 4.42. The fourth-order valence-electron chi connectivity index (χ4n) is 5.72. The van der Waals surface area contributed by atoms with Crippen LogP contribution in [0.5, 0.6) is 0 Å². The molecule has 0 aromatic heterocycles. The summed E-state index contributed by atoms with van der Waals surface area (Å²) in [4.78, 5) is 5.36. The molecular formula is C25H38N2. The summed E-state index contributed by atoms with van der Waals surface area (Å²) in [5, 5.41) is 0. The molecule has 4 rings (SSSR count). The van der Waals surface area contributed by atoms with Crippen molar-refractivity contribution in [2.24, 2.45) is 16.7 Å². The molecule has 0 radical (unpaired) electrons. The molecule has 0 amide bonds. The van der Waals surface area contributed by atoms with Crippen LogP contribution < -0.4 is 4.90 Å². The summed E-state index contributed by atoms with van der Waals surface area (Å²) in [6.45, 7) is 18.1. The predicted octanol–water partition coefficient (Wildman–Crippen LogP) is 5.76. The summed E-state index contributed by atoms with van der Waals surface area (Å²) in [7, 11) is 0. The van der Waals surface area contributed by atoms with E-state index in [1.54, 1.807) is 5.57 Å². The van der Waals surface area contributed by atoms with Crippen molar-refractivity contribution >= 4 is 11.3 Å². The van der Waals surface area contributed by atoms with E-state index < -0.39 is 0 Å². The highest BCUT2D eigenvalue weighted by atomic mass is 15.3. The maximum Gasteiger partial charge on any atom is 0.0473 e. The Hall–Kier alpha value is -1.28. The minimum atomic E-state index is 0.279. The number of allylic oxidation sites excluding steroid dienone is 2. The van der Waals surface area contributed by atoms with Crippen molar-refractivity contribution < 1.29 is 0 Å². The lowest BCUT2D eigenvalue weighted by atomic mass is 9.65. The molecule has 1 saturated heterocycles. The summed E-state index contributed by atoms with van der Waals surface area (Å²) in [6, 6.07) is 6.93. The topological polar surface area (TPSA) is 6.48 Å². The maximum absolute atomic E-state index is 2.69. The zero-order valence-electron chi connectivity index (χ0n) is 18.1. The standard InChI is InChI=1S/C25H38N2/c1-19-7-6-8-22(21-15-24(2,3)18-25(4,5)16-21)23(19)27-13-11-26(12-14-27)17-20-9-10-20/h6-8,15,20H,9-14,16-18H2,1-5H3. The highest BCUT2D eigenvalue weighted by Gasteiger charge is 2.35. The fourth-order valence-corrected chi connectivity index (χ4v) is 5.72. The van der Waals surface area contributed by atoms with Gasteiger partial charge < -0.3 is 4.90 Å². The molecular weight excluding hydrogens is 328 g/mol. The van der Waals surface area contributed by atoms with Gasteiger partial charge in [-0.05, 0) is 60.5 Å². The monoisotopic (exact) mass is 366 g/mol. The van der Waals surface area contributed by atoms with E-state index in [4.69, 9.17) is 0 Å². The molecule has 0 atom stereocenters. The van der Waals surface area contributed by atoms with Crippen molar-refractivity contribution in [2.45, 2.75) is 60.3 Å². The number of anilines is 1. The Balaban J connectivity index is 1.60. The number of aryl methyl sites for hydroxylation is 1. The number of hydrogen-bond donors (Lipinski definition) is 0. The van der Waals surface area contributed by atoms with E-state index in [1.165, 1.54) is 75.2 Å². The van der Waals surface area contributed by atoms with Crippen LogP contribution in [0, 0.1) is 23.7 Å². The third-order valence-corrected chi connectivity index (χ3v) is 6.65. The molecule has 0 unspecified atom stereocenters. The highest BCUT2D eigenvalue weighted by molar-refractivity contribution is 5.80. The van der Waals surface area contributed by atoms with Crippen LogP contribution in [0.4, 0.5) is 5.69 Å². The second kappa shape index (κ2) is 6.95. The van der Waals surface area contributed by atoms with Gasteiger partial charge in [0.05, 0.1) is 0 Å². The van der Waals surface area contributed by atoms with Crippen molar-refractivity contribution in [3.63, 3.8) is 0 Å². The molecule has 27 heavy (non-hydrogen) atoms. The molecule has 148 valence electrons. The van der Waals surface area contributed by atoms with Gasteiger partial charge in [-0.3, -0.25) is 4.90 Å². The van der Waals surface area contributed by atoms with Crippen molar-refractivity contribution in [1.29, 1.82) is 0 Å². The van der Waals surface area contributed by atoms with Crippen LogP contribution in [0.2, 0.25) is 0 Å². The molecule has 2 nitrogen and oxygen atoms in total. The highest BCUT2D eigenvalue weighted by Crippen LogP contribution is 2.49. The molecule has 1 aromatic carbocycles. The molecule has 3 aliphatic rings. The summed E-state index contributed by atoms with van der Waals surface area (Å²) in [5.74, 6) is 1.00. The average molecular weight is 367 g/mol. The van der Waals surface area contributed by atoms with Gasteiger partial charge in [-0.2, -0.15) is 0 Å². The molecule has 2 heteroatoms. The number of benzene rings is 1. The fraction of sp³-hybridized carbons (Fsp3) is 0.680. The van der Waals surface area contributed by atoms with Gasteiger partial charge >= 0.3 is 0 Å². The van der Waals surface area contributed by atoms with E-state index in [-0.39, 0.29) is 5.41 Å². The lowest BCUT2D eigenvalue weighted by Crippen LogP contribution is -2.47. The van der Waals surface area contributed by atoms with Crippen LogP contribution in [0.3, 0.4) is 0 Å². The Bertz CT molecular complexity index is 716. The third-order valence-electron chi connectivity index (χ3n) is 6.65. The molecule has 1 aromatic rings. The van der Waals surface area contributed by atoms with Gasteiger partial charge in [-0.25, -0.2) is 0 Å². The normalized spacial score (nSPS) is 25.4. The summed E-state index contributed by atoms with van der Waals surface area (Å²) in [5.41, 5.74) is 6.65. The van der Waals surface area contributed by atoms with Gasteiger partial charge in [0.1, 0.15) is 0 Å². The first kappa shape index (κ1) is 19.1. The van der Waals surface area contributed by atoms with Crippen molar-refractivity contribution in [1.82, 2.24) is 4.90 Å². The molecule has 2 aliphatic carbocycles. The summed E-state index contributed by atoms with van der Waals surface area (Å²) < 4.78 is 0. The first-order valence-electron chi connectivity index (χ1n) is 11.0. The van der Waals surface area contributed by atoms with Crippen LogP contribution in [-0.4, -0.2) is 37.6 Å². The lowest BCUT2D eigenvalue weighted by molar-refractivity contribution is 0.228. The lowest BCUT2D eigenvalue weighted by Gasteiger charge is -2.42. The Morgan fingerprint density at radius 2 is 1.70 bits per heavy atom. The minimum absolute atomic E-state index is 0.279. The van der Waals surface area contributed by atoms with Gasteiger partial charge in [0.15, 0.2) is 0 Å². The van der Waals surface area contributed by atoms with Crippen LogP contribution in [0.25, 0.3) is 5.57 Å². The van der Waals surface area contributed by atoms with Gasteiger partial charge in [-0.15, -0.1) is 0 Å². The smallest absolute Gasteiger partial charge is 0.0473 e. The number of rotatable bonds is 4. The number of hydrogen-bond acceptors (Lipinski definition) is 2. The SMILES string of the molecule is Cc1cccc(C2=CC(C)(C)CC(C)(C)C2)c1N1CCN(CC2CC2)CC1. The Labute approximate surface area is 166 Å². The molecule has 0 bridgehead atoms. The largest absolute Gasteiger partial charge is 0.368 e. The average Bonchev–Trinajstić information content (AvgIpc) is 3.37. The molecule has 1 saturated carbocycles. The van der Waals surface area contributed by atoms with Gasteiger partial charge in [0.25, 0.3) is 0 Å². The van der Waals surface area contributed by atoms with E-state index >= 15 is 0 Å².